The number of aromatic nitrogens is 1. The number of phenolic OH excluding ortho intramolecular Hbond substituents is 1. The minimum atomic E-state index is -0.273. The number of pyridine rings is 1. The molecule has 6 N–H and O–H groups in total. The number of hydrogen-bond acceptors (Lipinski definition) is 6. The second kappa shape index (κ2) is 8.37. The summed E-state index contributed by atoms with van der Waals surface area (Å²) in [7, 11) is 1.47. The molecule has 1 aromatic carbocycles. The highest BCUT2D eigenvalue weighted by Gasteiger charge is 2.19. The van der Waals surface area contributed by atoms with Crippen molar-refractivity contribution in [2.75, 3.05) is 7.11 Å². The fourth-order valence-corrected chi connectivity index (χ4v) is 2.31. The Labute approximate surface area is 152 Å². The van der Waals surface area contributed by atoms with Gasteiger partial charge >= 0.3 is 0 Å². The second-order valence-electron chi connectivity index (χ2n) is 4.35. The summed E-state index contributed by atoms with van der Waals surface area (Å²) in [5, 5.41) is 27.7. The van der Waals surface area contributed by atoms with Crippen molar-refractivity contribution in [3.8, 4) is 17.2 Å². The Bertz CT molecular complexity index is 794. The Kier molecular flexibility index (Phi) is 6.81. The fraction of sp³-hybridized carbons (Fsp3) is 0.0714. The van der Waals surface area contributed by atoms with E-state index >= 15 is 0 Å². The van der Waals surface area contributed by atoms with Crippen LogP contribution in [0, 0.1) is 0 Å². The Morgan fingerprint density at radius 3 is 2.50 bits per heavy atom. The van der Waals surface area contributed by atoms with Crippen LogP contribution >= 0.6 is 28.3 Å². The lowest BCUT2D eigenvalue weighted by Gasteiger charge is -2.11. The van der Waals surface area contributed by atoms with Crippen molar-refractivity contribution in [3.05, 3.63) is 46.2 Å². The molecule has 128 valence electrons. The van der Waals surface area contributed by atoms with E-state index in [9.17, 15) is 10.2 Å². The summed E-state index contributed by atoms with van der Waals surface area (Å²) < 4.78 is 5.68. The molecule has 0 saturated heterocycles. The summed E-state index contributed by atoms with van der Waals surface area (Å²) in [6.07, 6.45) is 1.47. The smallest absolute Gasteiger partial charge is 0.211 e. The van der Waals surface area contributed by atoms with Crippen LogP contribution in [0.4, 0.5) is 0 Å². The summed E-state index contributed by atoms with van der Waals surface area (Å²) in [6.45, 7) is 0. The van der Waals surface area contributed by atoms with Gasteiger partial charge in [-0.05, 0) is 34.1 Å². The van der Waals surface area contributed by atoms with Crippen LogP contribution in [0.3, 0.4) is 0 Å². The highest BCUT2D eigenvalue weighted by Crippen LogP contribution is 2.34. The first-order chi connectivity index (χ1) is 10.9. The zero-order valence-corrected chi connectivity index (χ0v) is 14.9. The number of ether oxygens (including phenoxy) is 1. The number of rotatable bonds is 4. The van der Waals surface area contributed by atoms with Gasteiger partial charge in [-0.2, -0.15) is 0 Å². The summed E-state index contributed by atoms with van der Waals surface area (Å²) in [4.78, 5) is 4.06. The number of methoxy groups -OCH3 is 1. The van der Waals surface area contributed by atoms with Gasteiger partial charge in [-0.3, -0.25) is 4.98 Å². The zero-order valence-electron chi connectivity index (χ0n) is 12.5. The summed E-state index contributed by atoms with van der Waals surface area (Å²) >= 11 is 3.32. The first kappa shape index (κ1) is 19.5. The number of nitrogens with two attached hydrogens (primary N) is 2. The molecule has 0 atom stereocenters. The van der Waals surface area contributed by atoms with Crippen molar-refractivity contribution in [3.63, 3.8) is 0 Å². The molecule has 0 saturated carbocycles. The molecule has 1 aromatic heterocycles. The predicted octanol–water partition coefficient (Wildman–Crippen LogP) is 1.71. The average molecular weight is 417 g/mol. The van der Waals surface area contributed by atoms with Crippen molar-refractivity contribution >= 4 is 40.0 Å². The SMILES string of the molecule is COc1cc(O)c(C(=NN=C(N)N)c2ncccc2O)cc1Br.Cl. The van der Waals surface area contributed by atoms with Crippen molar-refractivity contribution in [1.29, 1.82) is 0 Å². The zero-order chi connectivity index (χ0) is 17.0. The van der Waals surface area contributed by atoms with Gasteiger partial charge in [0.2, 0.25) is 5.96 Å². The molecule has 10 heteroatoms. The van der Waals surface area contributed by atoms with Crippen molar-refractivity contribution in [2.45, 2.75) is 0 Å². The standard InChI is InChI=1S/C14H14BrN5O3.ClH/c1-23-11-6-10(22)7(5-8(11)15)12(19-20-14(16)17)13-9(21)3-2-4-18-13;/h2-6,21-22H,1H3,(H4,16,17,20);1H. The third-order valence-corrected chi connectivity index (χ3v) is 3.42. The Morgan fingerprint density at radius 1 is 1.21 bits per heavy atom. The lowest BCUT2D eigenvalue weighted by atomic mass is 10.0. The van der Waals surface area contributed by atoms with E-state index in [1.807, 2.05) is 0 Å². The topological polar surface area (TPSA) is 139 Å². The monoisotopic (exact) mass is 415 g/mol. The third-order valence-electron chi connectivity index (χ3n) is 2.80. The Hall–Kier alpha value is -2.52. The summed E-state index contributed by atoms with van der Waals surface area (Å²) in [5.74, 6) is -0.120. The molecule has 0 aliphatic heterocycles. The first-order valence-corrected chi connectivity index (χ1v) is 7.11. The van der Waals surface area contributed by atoms with Crippen LogP contribution in [-0.2, 0) is 0 Å². The molecule has 0 spiro atoms. The van der Waals surface area contributed by atoms with Gasteiger partial charge in [0.15, 0.2) is 0 Å². The highest BCUT2D eigenvalue weighted by molar-refractivity contribution is 9.10. The number of guanidine groups is 1. The van der Waals surface area contributed by atoms with Gasteiger partial charge in [-0.25, -0.2) is 0 Å². The molecule has 1 heterocycles. The van der Waals surface area contributed by atoms with Crippen LogP contribution < -0.4 is 16.2 Å². The van der Waals surface area contributed by atoms with Gasteiger partial charge in [-0.1, -0.05) is 0 Å². The molecule has 2 rings (SSSR count). The number of aromatic hydroxyl groups is 2. The van der Waals surface area contributed by atoms with Crippen LogP contribution in [0.25, 0.3) is 0 Å². The second-order valence-corrected chi connectivity index (χ2v) is 5.20. The van der Waals surface area contributed by atoms with Gasteiger partial charge in [0.25, 0.3) is 0 Å². The number of halogens is 2. The molecular formula is C14H15BrClN5O3. The molecule has 0 radical (unpaired) electrons. The Morgan fingerprint density at radius 2 is 1.92 bits per heavy atom. The molecule has 8 nitrogen and oxygen atoms in total. The van der Waals surface area contributed by atoms with E-state index in [0.29, 0.717) is 10.2 Å². The molecule has 2 aromatic rings. The van der Waals surface area contributed by atoms with Gasteiger partial charge in [-0.15, -0.1) is 22.6 Å². The third kappa shape index (κ3) is 4.27. The number of nitrogens with zero attached hydrogens (tertiary/aromatic N) is 3. The van der Waals surface area contributed by atoms with Crippen LogP contribution in [0.1, 0.15) is 11.3 Å². The molecular weight excluding hydrogens is 402 g/mol. The number of phenols is 1. The van der Waals surface area contributed by atoms with Crippen LogP contribution in [-0.4, -0.2) is 34.0 Å². The largest absolute Gasteiger partial charge is 0.507 e. The van der Waals surface area contributed by atoms with E-state index in [0.717, 1.165) is 0 Å². The lowest BCUT2D eigenvalue weighted by Crippen LogP contribution is -2.22. The maximum absolute atomic E-state index is 10.2. The van der Waals surface area contributed by atoms with E-state index in [-0.39, 0.29) is 46.8 Å². The fourth-order valence-electron chi connectivity index (χ4n) is 1.80. The minimum absolute atomic E-state index is 0. The molecule has 0 aliphatic carbocycles. The molecule has 0 bridgehead atoms. The van der Waals surface area contributed by atoms with Gasteiger partial charge < -0.3 is 26.4 Å². The van der Waals surface area contributed by atoms with E-state index in [4.69, 9.17) is 16.2 Å². The molecule has 0 amide bonds. The van der Waals surface area contributed by atoms with Crippen LogP contribution in [0.15, 0.2) is 45.1 Å². The lowest BCUT2D eigenvalue weighted by molar-refractivity contribution is 0.405. The van der Waals surface area contributed by atoms with Crippen molar-refractivity contribution in [2.24, 2.45) is 21.7 Å². The molecule has 24 heavy (non-hydrogen) atoms. The molecule has 0 aliphatic rings. The molecule has 0 unspecified atom stereocenters. The van der Waals surface area contributed by atoms with E-state index < -0.39 is 0 Å². The summed E-state index contributed by atoms with van der Waals surface area (Å²) in [5.41, 5.74) is 11.1. The number of hydrogen-bond donors (Lipinski definition) is 4. The average Bonchev–Trinajstić information content (AvgIpc) is 2.51. The van der Waals surface area contributed by atoms with Crippen molar-refractivity contribution < 1.29 is 14.9 Å². The highest BCUT2D eigenvalue weighted by atomic mass is 79.9. The normalized spacial score (nSPS) is 10.7. The van der Waals surface area contributed by atoms with Gasteiger partial charge in [0.05, 0.1) is 11.6 Å². The van der Waals surface area contributed by atoms with Gasteiger partial charge in [0.1, 0.15) is 28.7 Å². The van der Waals surface area contributed by atoms with E-state index in [1.54, 1.807) is 12.1 Å². The van der Waals surface area contributed by atoms with Crippen molar-refractivity contribution in [1.82, 2.24) is 4.98 Å². The molecule has 0 fully saturated rings. The minimum Gasteiger partial charge on any atom is -0.507 e. The maximum atomic E-state index is 10.2. The van der Waals surface area contributed by atoms with E-state index in [1.165, 1.54) is 25.4 Å². The quantitative estimate of drug-likeness (QED) is 0.340. The van der Waals surface area contributed by atoms with Crippen LogP contribution in [0.2, 0.25) is 0 Å². The first-order valence-electron chi connectivity index (χ1n) is 6.31. The van der Waals surface area contributed by atoms with Crippen LogP contribution in [0.5, 0.6) is 17.2 Å². The summed E-state index contributed by atoms with van der Waals surface area (Å²) in [6, 6.07) is 5.94. The Balaban J connectivity index is 0.00000288. The van der Waals surface area contributed by atoms with Gasteiger partial charge in [0, 0.05) is 17.8 Å². The predicted molar refractivity (Wildman–Crippen MR) is 97.0 cm³/mol. The maximum Gasteiger partial charge on any atom is 0.211 e. The van der Waals surface area contributed by atoms with E-state index in [2.05, 4.69) is 31.1 Å². The number of benzene rings is 1.